The zero-order valence-corrected chi connectivity index (χ0v) is 17.0. The van der Waals surface area contributed by atoms with Gasteiger partial charge in [0.15, 0.2) is 5.78 Å². The summed E-state index contributed by atoms with van der Waals surface area (Å²) in [7, 11) is 0. The number of carbonyl (C=O) groups excluding carboxylic acids is 1. The molecule has 0 spiro atoms. The molecular formula is C20H16BrF3N2O3. The SMILES string of the molecule is Cc1cn(-c2ccc(Br)cc2C(O)C(=O)c2ccc(OC(F)(F)F)cc2)c(C)n1. The molecule has 0 saturated heterocycles. The van der Waals surface area contributed by atoms with Gasteiger partial charge in [-0.25, -0.2) is 4.98 Å². The van der Waals surface area contributed by atoms with Crippen LogP contribution < -0.4 is 4.74 Å². The lowest BCUT2D eigenvalue weighted by Crippen LogP contribution is -2.17. The third-order valence-electron chi connectivity index (χ3n) is 4.17. The number of hydrogen-bond donors (Lipinski definition) is 1. The van der Waals surface area contributed by atoms with Gasteiger partial charge in [-0.05, 0) is 56.3 Å². The van der Waals surface area contributed by atoms with Crippen LogP contribution in [0, 0.1) is 13.8 Å². The van der Waals surface area contributed by atoms with Crippen LogP contribution in [0.15, 0.2) is 53.1 Å². The number of hydrogen-bond acceptors (Lipinski definition) is 4. The van der Waals surface area contributed by atoms with E-state index in [0.29, 0.717) is 21.5 Å². The molecule has 0 radical (unpaired) electrons. The number of Topliss-reactive ketones (excluding diaryl/α,β-unsaturated/α-hetero) is 1. The average molecular weight is 469 g/mol. The van der Waals surface area contributed by atoms with Crippen molar-refractivity contribution in [3.63, 3.8) is 0 Å². The predicted molar refractivity (Wildman–Crippen MR) is 103 cm³/mol. The molecule has 29 heavy (non-hydrogen) atoms. The van der Waals surface area contributed by atoms with Crippen molar-refractivity contribution in [1.82, 2.24) is 9.55 Å². The molecule has 0 saturated carbocycles. The number of aliphatic hydroxyl groups is 1. The van der Waals surface area contributed by atoms with Gasteiger partial charge in [0.2, 0.25) is 0 Å². The maximum atomic E-state index is 12.8. The number of ketones is 1. The zero-order valence-electron chi connectivity index (χ0n) is 15.4. The summed E-state index contributed by atoms with van der Waals surface area (Å²) in [6.45, 7) is 3.63. The van der Waals surface area contributed by atoms with Crippen molar-refractivity contribution in [2.75, 3.05) is 0 Å². The average Bonchev–Trinajstić information content (AvgIpc) is 2.98. The number of imidazole rings is 1. The Morgan fingerprint density at radius 2 is 1.83 bits per heavy atom. The Morgan fingerprint density at radius 1 is 1.17 bits per heavy atom. The first-order valence-corrected chi connectivity index (χ1v) is 9.25. The number of aliphatic hydroxyl groups excluding tert-OH is 1. The number of aromatic nitrogens is 2. The van der Waals surface area contributed by atoms with Gasteiger partial charge < -0.3 is 14.4 Å². The highest BCUT2D eigenvalue weighted by Crippen LogP contribution is 2.30. The highest BCUT2D eigenvalue weighted by Gasteiger charge is 2.31. The third kappa shape index (κ3) is 4.86. The van der Waals surface area contributed by atoms with Gasteiger partial charge in [-0.3, -0.25) is 4.79 Å². The molecule has 1 heterocycles. The Balaban J connectivity index is 1.94. The molecule has 0 amide bonds. The van der Waals surface area contributed by atoms with E-state index < -0.39 is 24.0 Å². The molecule has 152 valence electrons. The second-order valence-corrected chi connectivity index (χ2v) is 7.26. The van der Waals surface area contributed by atoms with Crippen molar-refractivity contribution in [1.29, 1.82) is 0 Å². The van der Waals surface area contributed by atoms with E-state index >= 15 is 0 Å². The first-order chi connectivity index (χ1) is 13.5. The summed E-state index contributed by atoms with van der Waals surface area (Å²) in [6.07, 6.45) is -4.57. The van der Waals surface area contributed by atoms with Gasteiger partial charge in [0, 0.05) is 21.8 Å². The standard InChI is InChI=1S/C20H16BrF3N2O3/c1-11-10-26(12(2)25-11)17-8-5-14(21)9-16(17)19(28)18(27)13-3-6-15(7-4-13)29-20(22,23)24/h3-10,19,28H,1-2H3. The molecule has 0 aliphatic heterocycles. The number of benzene rings is 2. The Labute approximate surface area is 172 Å². The summed E-state index contributed by atoms with van der Waals surface area (Å²) in [5.41, 5.74) is 1.73. The van der Waals surface area contributed by atoms with Gasteiger partial charge in [-0.15, -0.1) is 13.2 Å². The van der Waals surface area contributed by atoms with E-state index in [1.54, 1.807) is 35.9 Å². The van der Waals surface area contributed by atoms with Crippen molar-refractivity contribution in [2.24, 2.45) is 0 Å². The van der Waals surface area contributed by atoms with E-state index in [1.165, 1.54) is 12.1 Å². The van der Waals surface area contributed by atoms with Crippen molar-refractivity contribution >= 4 is 21.7 Å². The van der Waals surface area contributed by atoms with Crippen molar-refractivity contribution in [3.8, 4) is 11.4 Å². The molecule has 0 fully saturated rings. The zero-order chi connectivity index (χ0) is 21.3. The summed E-state index contributed by atoms with van der Waals surface area (Å²) < 4.78 is 43.1. The second-order valence-electron chi connectivity index (χ2n) is 6.34. The summed E-state index contributed by atoms with van der Waals surface area (Å²) >= 11 is 3.33. The molecule has 1 atom stereocenters. The Morgan fingerprint density at radius 3 is 2.38 bits per heavy atom. The molecule has 0 bridgehead atoms. The quantitative estimate of drug-likeness (QED) is 0.531. The van der Waals surface area contributed by atoms with E-state index in [9.17, 15) is 23.1 Å². The summed E-state index contributed by atoms with van der Waals surface area (Å²) in [5.74, 6) is -0.423. The highest BCUT2D eigenvalue weighted by atomic mass is 79.9. The Kier molecular flexibility index (Phi) is 5.81. The second kappa shape index (κ2) is 8.00. The topological polar surface area (TPSA) is 64.4 Å². The van der Waals surface area contributed by atoms with Crippen LogP contribution in [0.3, 0.4) is 0 Å². The summed E-state index contributed by atoms with van der Waals surface area (Å²) in [5, 5.41) is 10.7. The fraction of sp³-hybridized carbons (Fsp3) is 0.200. The molecular weight excluding hydrogens is 453 g/mol. The smallest absolute Gasteiger partial charge is 0.406 e. The van der Waals surface area contributed by atoms with Crippen molar-refractivity contribution < 1.29 is 27.8 Å². The molecule has 0 aliphatic rings. The van der Waals surface area contributed by atoms with Crippen LogP contribution in [0.4, 0.5) is 13.2 Å². The van der Waals surface area contributed by atoms with Gasteiger partial charge in [0.1, 0.15) is 17.7 Å². The van der Waals surface area contributed by atoms with E-state index in [1.807, 2.05) is 6.92 Å². The molecule has 3 rings (SSSR count). The van der Waals surface area contributed by atoms with Crippen LogP contribution in [-0.2, 0) is 0 Å². The number of halogens is 4. The monoisotopic (exact) mass is 468 g/mol. The summed E-state index contributed by atoms with van der Waals surface area (Å²) in [4.78, 5) is 17.1. The minimum atomic E-state index is -4.82. The van der Waals surface area contributed by atoms with Crippen molar-refractivity contribution in [3.05, 3.63) is 75.8 Å². The number of nitrogens with zero attached hydrogens (tertiary/aromatic N) is 2. The maximum Gasteiger partial charge on any atom is 0.573 e. The molecule has 5 nitrogen and oxygen atoms in total. The molecule has 1 aromatic heterocycles. The lowest BCUT2D eigenvalue weighted by molar-refractivity contribution is -0.274. The minimum absolute atomic E-state index is 0.0523. The van der Waals surface area contributed by atoms with Crippen LogP contribution in [-0.4, -0.2) is 26.8 Å². The van der Waals surface area contributed by atoms with Gasteiger partial charge in [-0.1, -0.05) is 15.9 Å². The Hall–Kier alpha value is -2.65. The Bertz CT molecular complexity index is 1050. The van der Waals surface area contributed by atoms with E-state index in [2.05, 4.69) is 25.7 Å². The fourth-order valence-electron chi connectivity index (χ4n) is 2.95. The largest absolute Gasteiger partial charge is 0.573 e. The van der Waals surface area contributed by atoms with E-state index in [0.717, 1.165) is 17.8 Å². The fourth-order valence-corrected chi connectivity index (χ4v) is 3.32. The third-order valence-corrected chi connectivity index (χ3v) is 4.66. The first kappa shape index (κ1) is 21.1. The van der Waals surface area contributed by atoms with Crippen LogP contribution in [0.1, 0.15) is 33.5 Å². The lowest BCUT2D eigenvalue weighted by Gasteiger charge is -2.17. The lowest BCUT2D eigenvalue weighted by atomic mass is 9.98. The van der Waals surface area contributed by atoms with Crippen LogP contribution in [0.25, 0.3) is 5.69 Å². The molecule has 2 aromatic carbocycles. The molecule has 0 aliphatic carbocycles. The van der Waals surface area contributed by atoms with Crippen LogP contribution in [0.5, 0.6) is 5.75 Å². The van der Waals surface area contributed by atoms with Gasteiger partial charge >= 0.3 is 6.36 Å². The van der Waals surface area contributed by atoms with E-state index in [4.69, 9.17) is 0 Å². The summed E-state index contributed by atoms with van der Waals surface area (Å²) in [6, 6.07) is 9.54. The molecule has 9 heteroatoms. The van der Waals surface area contributed by atoms with Gasteiger partial charge in [0.25, 0.3) is 0 Å². The number of carbonyl (C=O) groups is 1. The van der Waals surface area contributed by atoms with Gasteiger partial charge in [0.05, 0.1) is 11.4 Å². The number of rotatable bonds is 5. The molecule has 3 aromatic rings. The van der Waals surface area contributed by atoms with Gasteiger partial charge in [-0.2, -0.15) is 0 Å². The first-order valence-electron chi connectivity index (χ1n) is 8.45. The highest BCUT2D eigenvalue weighted by molar-refractivity contribution is 9.10. The molecule has 1 unspecified atom stereocenters. The minimum Gasteiger partial charge on any atom is -0.406 e. The number of alkyl halides is 3. The van der Waals surface area contributed by atoms with Crippen LogP contribution >= 0.6 is 15.9 Å². The van der Waals surface area contributed by atoms with Crippen molar-refractivity contribution in [2.45, 2.75) is 26.3 Å². The number of ether oxygens (including phenoxy) is 1. The van der Waals surface area contributed by atoms with E-state index in [-0.39, 0.29) is 5.56 Å². The maximum absolute atomic E-state index is 12.8. The van der Waals surface area contributed by atoms with Crippen LogP contribution in [0.2, 0.25) is 0 Å². The normalized spacial score (nSPS) is 12.7. The predicted octanol–water partition coefficient (Wildman–Crippen LogP) is 5.07. The molecule has 1 N–H and O–H groups in total. The number of aryl methyl sites for hydroxylation is 2.